The number of pyridine rings is 1. The standard InChI is InChI=1S/C19H27N5O2/c1-12(2)19(26)23-7-5-6-14(11-23)18(25)22-16-8-15-9-21-24(13(3)4)17(15)20-10-16/h8-10,12-14H,5-7,11H2,1-4H3,(H,22,25)/t14-/m1/s1. The van der Waals surface area contributed by atoms with E-state index in [9.17, 15) is 9.59 Å². The molecule has 2 amide bonds. The molecule has 7 nitrogen and oxygen atoms in total. The second-order valence-corrected chi connectivity index (χ2v) is 7.59. The molecule has 0 spiro atoms. The van der Waals surface area contributed by atoms with Crippen molar-refractivity contribution in [2.24, 2.45) is 11.8 Å². The van der Waals surface area contributed by atoms with E-state index >= 15 is 0 Å². The molecule has 1 N–H and O–H groups in total. The third-order valence-corrected chi connectivity index (χ3v) is 4.79. The number of fused-ring (bicyclic) bond motifs is 1. The number of nitrogens with one attached hydrogen (secondary N) is 1. The topological polar surface area (TPSA) is 80.1 Å². The monoisotopic (exact) mass is 357 g/mol. The van der Waals surface area contributed by atoms with Crippen LogP contribution in [-0.2, 0) is 9.59 Å². The summed E-state index contributed by atoms with van der Waals surface area (Å²) in [6.45, 7) is 9.12. The second-order valence-electron chi connectivity index (χ2n) is 7.59. The van der Waals surface area contributed by atoms with Gasteiger partial charge in [-0.05, 0) is 32.8 Å². The fraction of sp³-hybridized carbons (Fsp3) is 0.579. The highest BCUT2D eigenvalue weighted by Crippen LogP contribution is 2.22. The Morgan fingerprint density at radius 3 is 2.69 bits per heavy atom. The smallest absolute Gasteiger partial charge is 0.229 e. The highest BCUT2D eigenvalue weighted by Gasteiger charge is 2.29. The Bertz CT molecular complexity index is 811. The van der Waals surface area contributed by atoms with E-state index in [4.69, 9.17) is 0 Å². The number of piperidine rings is 1. The number of hydrogen-bond acceptors (Lipinski definition) is 4. The van der Waals surface area contributed by atoms with Crippen molar-refractivity contribution in [2.45, 2.75) is 46.6 Å². The number of nitrogens with zero attached hydrogens (tertiary/aromatic N) is 4. The van der Waals surface area contributed by atoms with Crippen LogP contribution >= 0.6 is 0 Å². The largest absolute Gasteiger partial charge is 0.342 e. The number of rotatable bonds is 4. The summed E-state index contributed by atoms with van der Waals surface area (Å²) in [5.41, 5.74) is 1.47. The SMILES string of the molecule is CC(C)C(=O)N1CCC[C@@H](C(=O)Nc2cnc3c(cnn3C(C)C)c2)C1. The fourth-order valence-electron chi connectivity index (χ4n) is 3.39. The summed E-state index contributed by atoms with van der Waals surface area (Å²) in [4.78, 5) is 31.1. The highest BCUT2D eigenvalue weighted by molar-refractivity contribution is 5.94. The Morgan fingerprint density at radius 2 is 2.00 bits per heavy atom. The quantitative estimate of drug-likeness (QED) is 0.912. The van der Waals surface area contributed by atoms with Crippen LogP contribution in [0.2, 0.25) is 0 Å². The molecule has 0 aromatic carbocycles. The lowest BCUT2D eigenvalue weighted by molar-refractivity contribution is -0.137. The van der Waals surface area contributed by atoms with Crippen LogP contribution in [-0.4, -0.2) is 44.6 Å². The maximum Gasteiger partial charge on any atom is 0.229 e. The summed E-state index contributed by atoms with van der Waals surface area (Å²) in [6.07, 6.45) is 5.09. The summed E-state index contributed by atoms with van der Waals surface area (Å²) in [5.74, 6) is -0.156. The van der Waals surface area contributed by atoms with Crippen LogP contribution < -0.4 is 5.32 Å². The lowest BCUT2D eigenvalue weighted by Gasteiger charge is -2.33. The molecule has 2 aromatic rings. The molecule has 26 heavy (non-hydrogen) atoms. The third-order valence-electron chi connectivity index (χ3n) is 4.79. The van der Waals surface area contributed by atoms with E-state index in [1.165, 1.54) is 0 Å². The summed E-state index contributed by atoms with van der Waals surface area (Å²) >= 11 is 0. The van der Waals surface area contributed by atoms with Gasteiger partial charge in [0.05, 0.1) is 24.0 Å². The van der Waals surface area contributed by atoms with Gasteiger partial charge in [-0.2, -0.15) is 5.10 Å². The molecule has 0 unspecified atom stereocenters. The first-order chi connectivity index (χ1) is 12.4. The van der Waals surface area contributed by atoms with Crippen molar-refractivity contribution in [3.05, 3.63) is 18.5 Å². The molecule has 1 fully saturated rings. The number of anilines is 1. The maximum atomic E-state index is 12.7. The van der Waals surface area contributed by atoms with E-state index in [0.717, 1.165) is 30.4 Å². The van der Waals surface area contributed by atoms with E-state index in [1.54, 1.807) is 12.4 Å². The van der Waals surface area contributed by atoms with Crippen molar-refractivity contribution < 1.29 is 9.59 Å². The maximum absolute atomic E-state index is 12.7. The average Bonchev–Trinajstić information content (AvgIpc) is 3.04. The van der Waals surface area contributed by atoms with Crippen LogP contribution in [0.15, 0.2) is 18.5 Å². The van der Waals surface area contributed by atoms with Crippen molar-refractivity contribution in [3.8, 4) is 0 Å². The van der Waals surface area contributed by atoms with E-state index in [1.807, 2.05) is 29.5 Å². The Hall–Kier alpha value is -2.44. The molecular weight excluding hydrogens is 330 g/mol. The van der Waals surface area contributed by atoms with Crippen molar-refractivity contribution in [1.82, 2.24) is 19.7 Å². The van der Waals surface area contributed by atoms with Gasteiger partial charge in [0.25, 0.3) is 0 Å². The molecular formula is C19H27N5O2. The minimum atomic E-state index is -0.180. The van der Waals surface area contributed by atoms with Gasteiger partial charge in [-0.1, -0.05) is 13.8 Å². The van der Waals surface area contributed by atoms with Crippen LogP contribution in [0.5, 0.6) is 0 Å². The molecule has 0 bridgehead atoms. The predicted molar refractivity (Wildman–Crippen MR) is 101 cm³/mol. The van der Waals surface area contributed by atoms with Crippen LogP contribution in [0.4, 0.5) is 5.69 Å². The van der Waals surface area contributed by atoms with Crippen LogP contribution in [0.1, 0.15) is 46.6 Å². The zero-order chi connectivity index (χ0) is 18.8. The summed E-state index contributed by atoms with van der Waals surface area (Å²) in [7, 11) is 0. The molecule has 1 saturated heterocycles. The Labute approximate surface area is 153 Å². The van der Waals surface area contributed by atoms with Gasteiger partial charge in [-0.15, -0.1) is 0 Å². The van der Waals surface area contributed by atoms with E-state index in [-0.39, 0.29) is 29.7 Å². The first-order valence-corrected chi connectivity index (χ1v) is 9.29. The Balaban J connectivity index is 1.69. The van der Waals surface area contributed by atoms with Crippen LogP contribution in [0, 0.1) is 11.8 Å². The van der Waals surface area contributed by atoms with Crippen molar-refractivity contribution in [3.63, 3.8) is 0 Å². The van der Waals surface area contributed by atoms with Gasteiger partial charge in [-0.25, -0.2) is 9.67 Å². The fourth-order valence-corrected chi connectivity index (χ4v) is 3.39. The number of carbonyl (C=O) groups is 2. The molecule has 7 heteroatoms. The minimum Gasteiger partial charge on any atom is -0.342 e. The molecule has 1 aliphatic heterocycles. The molecule has 0 saturated carbocycles. The molecule has 0 aliphatic carbocycles. The molecule has 140 valence electrons. The van der Waals surface area contributed by atoms with Gasteiger partial charge in [-0.3, -0.25) is 9.59 Å². The average molecular weight is 357 g/mol. The normalized spacial score (nSPS) is 17.9. The zero-order valence-electron chi connectivity index (χ0n) is 15.9. The number of carbonyl (C=O) groups excluding carboxylic acids is 2. The molecule has 1 aliphatic rings. The van der Waals surface area contributed by atoms with Crippen LogP contribution in [0.25, 0.3) is 11.0 Å². The number of likely N-dealkylation sites (tertiary alicyclic amines) is 1. The lowest BCUT2D eigenvalue weighted by Crippen LogP contribution is -2.45. The number of hydrogen-bond donors (Lipinski definition) is 1. The zero-order valence-corrected chi connectivity index (χ0v) is 15.9. The highest BCUT2D eigenvalue weighted by atomic mass is 16.2. The van der Waals surface area contributed by atoms with E-state index in [2.05, 4.69) is 29.2 Å². The Kier molecular flexibility index (Phi) is 5.25. The van der Waals surface area contributed by atoms with Gasteiger partial charge in [0.1, 0.15) is 0 Å². The van der Waals surface area contributed by atoms with Gasteiger partial charge in [0.2, 0.25) is 11.8 Å². The molecule has 3 rings (SSSR count). The number of aromatic nitrogens is 3. The second kappa shape index (κ2) is 7.43. The van der Waals surface area contributed by atoms with Gasteiger partial charge in [0.15, 0.2) is 5.65 Å². The van der Waals surface area contributed by atoms with Crippen LogP contribution in [0.3, 0.4) is 0 Å². The number of amides is 2. The first-order valence-electron chi connectivity index (χ1n) is 9.29. The summed E-state index contributed by atoms with van der Waals surface area (Å²) in [6, 6.07) is 2.12. The van der Waals surface area contributed by atoms with E-state index < -0.39 is 0 Å². The third kappa shape index (κ3) is 3.71. The molecule has 3 heterocycles. The molecule has 2 aromatic heterocycles. The minimum absolute atomic E-state index is 0.0408. The van der Waals surface area contributed by atoms with Gasteiger partial charge < -0.3 is 10.2 Å². The van der Waals surface area contributed by atoms with Gasteiger partial charge >= 0.3 is 0 Å². The van der Waals surface area contributed by atoms with Crippen molar-refractivity contribution in [1.29, 1.82) is 0 Å². The molecule has 0 radical (unpaired) electrons. The Morgan fingerprint density at radius 1 is 1.23 bits per heavy atom. The van der Waals surface area contributed by atoms with E-state index in [0.29, 0.717) is 12.2 Å². The van der Waals surface area contributed by atoms with Crippen molar-refractivity contribution >= 4 is 28.5 Å². The summed E-state index contributed by atoms with van der Waals surface area (Å²) in [5, 5.41) is 8.20. The molecule has 1 atom stereocenters. The first kappa shape index (κ1) is 18.4. The summed E-state index contributed by atoms with van der Waals surface area (Å²) < 4.78 is 1.86. The van der Waals surface area contributed by atoms with Crippen molar-refractivity contribution in [2.75, 3.05) is 18.4 Å². The van der Waals surface area contributed by atoms with Gasteiger partial charge in [0, 0.05) is 30.4 Å². The lowest BCUT2D eigenvalue weighted by atomic mass is 9.96. The predicted octanol–water partition coefficient (Wildman–Crippen LogP) is 2.85.